The van der Waals surface area contributed by atoms with E-state index in [-0.39, 0.29) is 0 Å². The van der Waals surface area contributed by atoms with Crippen molar-refractivity contribution in [1.82, 2.24) is 0 Å². The highest BCUT2D eigenvalue weighted by atomic mass is 15.1. The molecule has 0 spiro atoms. The fraction of sp³-hybridized carbons (Fsp3) is 0.538. The molecule has 15 heavy (non-hydrogen) atoms. The smallest absolute Gasteiger partial charge is 0.0366 e. The molecular weight excluding hydrogens is 184 g/mol. The molecule has 0 saturated carbocycles. The molecule has 2 N–H and O–H groups in total. The first-order valence-corrected chi connectivity index (χ1v) is 5.90. The summed E-state index contributed by atoms with van der Waals surface area (Å²) in [4.78, 5) is 2.49. The number of hydrogen-bond donors (Lipinski definition) is 1. The zero-order valence-electron chi connectivity index (χ0n) is 9.23. The SMILES string of the molecule is NCCC1CCCN(c2ccccc2)C1. The lowest BCUT2D eigenvalue weighted by atomic mass is 9.94. The Balaban J connectivity index is 1.98. The molecule has 0 amide bonds. The van der Waals surface area contributed by atoms with Crippen LogP contribution in [0.2, 0.25) is 0 Å². The summed E-state index contributed by atoms with van der Waals surface area (Å²) in [5, 5.41) is 0. The summed E-state index contributed by atoms with van der Waals surface area (Å²) in [7, 11) is 0. The van der Waals surface area contributed by atoms with Crippen LogP contribution in [-0.2, 0) is 0 Å². The molecule has 82 valence electrons. The fourth-order valence-electron chi connectivity index (χ4n) is 2.41. The van der Waals surface area contributed by atoms with E-state index in [4.69, 9.17) is 5.73 Å². The van der Waals surface area contributed by atoms with Crippen LogP contribution in [0.5, 0.6) is 0 Å². The molecule has 1 atom stereocenters. The zero-order valence-corrected chi connectivity index (χ0v) is 9.23. The van der Waals surface area contributed by atoms with E-state index < -0.39 is 0 Å². The number of benzene rings is 1. The molecule has 2 rings (SSSR count). The van der Waals surface area contributed by atoms with Crippen LogP contribution in [0.3, 0.4) is 0 Å². The molecule has 0 aliphatic carbocycles. The highest BCUT2D eigenvalue weighted by Gasteiger charge is 2.18. The van der Waals surface area contributed by atoms with Crippen molar-refractivity contribution in [3.05, 3.63) is 30.3 Å². The second-order valence-electron chi connectivity index (χ2n) is 4.37. The van der Waals surface area contributed by atoms with Crippen LogP contribution in [-0.4, -0.2) is 19.6 Å². The predicted molar refractivity (Wildman–Crippen MR) is 65.1 cm³/mol. The maximum absolute atomic E-state index is 5.62. The predicted octanol–water partition coefficient (Wildman–Crippen LogP) is 2.25. The van der Waals surface area contributed by atoms with Gasteiger partial charge in [-0.25, -0.2) is 0 Å². The van der Waals surface area contributed by atoms with Crippen LogP contribution in [0.15, 0.2) is 30.3 Å². The van der Waals surface area contributed by atoms with Crippen molar-refractivity contribution in [1.29, 1.82) is 0 Å². The Morgan fingerprint density at radius 2 is 2.07 bits per heavy atom. The molecular formula is C13H20N2. The summed E-state index contributed by atoms with van der Waals surface area (Å²) in [5.74, 6) is 0.795. The Kier molecular flexibility index (Phi) is 3.62. The normalized spacial score (nSPS) is 21.7. The van der Waals surface area contributed by atoms with Crippen molar-refractivity contribution in [2.45, 2.75) is 19.3 Å². The molecule has 1 unspecified atom stereocenters. The first-order chi connectivity index (χ1) is 7.40. The lowest BCUT2D eigenvalue weighted by molar-refractivity contribution is 0.396. The summed E-state index contributed by atoms with van der Waals surface area (Å²) < 4.78 is 0. The van der Waals surface area contributed by atoms with Gasteiger partial charge in [0.05, 0.1) is 0 Å². The molecule has 1 heterocycles. The Hall–Kier alpha value is -1.02. The lowest BCUT2D eigenvalue weighted by Gasteiger charge is -2.34. The lowest BCUT2D eigenvalue weighted by Crippen LogP contribution is -2.36. The quantitative estimate of drug-likeness (QED) is 0.818. The Morgan fingerprint density at radius 3 is 2.80 bits per heavy atom. The zero-order chi connectivity index (χ0) is 10.5. The second kappa shape index (κ2) is 5.17. The van der Waals surface area contributed by atoms with E-state index in [0.717, 1.165) is 12.5 Å². The first-order valence-electron chi connectivity index (χ1n) is 5.90. The molecule has 2 nitrogen and oxygen atoms in total. The van der Waals surface area contributed by atoms with Crippen molar-refractivity contribution in [3.8, 4) is 0 Å². The summed E-state index contributed by atoms with van der Waals surface area (Å²) in [6, 6.07) is 10.7. The summed E-state index contributed by atoms with van der Waals surface area (Å²) in [6.45, 7) is 3.21. The van der Waals surface area contributed by atoms with Crippen LogP contribution < -0.4 is 10.6 Å². The first kappa shape index (κ1) is 10.5. The van der Waals surface area contributed by atoms with Gasteiger partial charge >= 0.3 is 0 Å². The van der Waals surface area contributed by atoms with Crippen LogP contribution in [0, 0.1) is 5.92 Å². The molecule has 2 heteroatoms. The van der Waals surface area contributed by atoms with Crippen molar-refractivity contribution in [3.63, 3.8) is 0 Å². The van der Waals surface area contributed by atoms with E-state index in [9.17, 15) is 0 Å². The van der Waals surface area contributed by atoms with E-state index in [0.29, 0.717) is 0 Å². The minimum atomic E-state index is 0.795. The van der Waals surface area contributed by atoms with Crippen LogP contribution >= 0.6 is 0 Å². The van der Waals surface area contributed by atoms with E-state index in [2.05, 4.69) is 35.2 Å². The Morgan fingerprint density at radius 1 is 1.27 bits per heavy atom. The third-order valence-corrected chi connectivity index (χ3v) is 3.22. The van der Waals surface area contributed by atoms with Gasteiger partial charge in [0.2, 0.25) is 0 Å². The highest BCUT2D eigenvalue weighted by Crippen LogP contribution is 2.24. The average molecular weight is 204 g/mol. The Labute approximate surface area is 92.1 Å². The fourth-order valence-corrected chi connectivity index (χ4v) is 2.41. The molecule has 0 bridgehead atoms. The maximum atomic E-state index is 5.62. The van der Waals surface area contributed by atoms with Gasteiger partial charge in [0.15, 0.2) is 0 Å². The van der Waals surface area contributed by atoms with Crippen molar-refractivity contribution >= 4 is 5.69 Å². The van der Waals surface area contributed by atoms with Crippen LogP contribution in [0.1, 0.15) is 19.3 Å². The van der Waals surface area contributed by atoms with Gasteiger partial charge in [0.1, 0.15) is 0 Å². The minimum Gasteiger partial charge on any atom is -0.371 e. The van der Waals surface area contributed by atoms with Crippen molar-refractivity contribution in [2.75, 3.05) is 24.5 Å². The van der Waals surface area contributed by atoms with E-state index in [1.807, 2.05) is 0 Å². The van der Waals surface area contributed by atoms with Gasteiger partial charge < -0.3 is 10.6 Å². The van der Waals surface area contributed by atoms with Gasteiger partial charge in [0.25, 0.3) is 0 Å². The van der Waals surface area contributed by atoms with E-state index in [1.54, 1.807) is 0 Å². The number of rotatable bonds is 3. The molecule has 1 saturated heterocycles. The molecule has 1 aliphatic rings. The highest BCUT2D eigenvalue weighted by molar-refractivity contribution is 5.46. The molecule has 0 radical (unpaired) electrons. The molecule has 1 aliphatic heterocycles. The van der Waals surface area contributed by atoms with Gasteiger partial charge in [-0.15, -0.1) is 0 Å². The van der Waals surface area contributed by atoms with Gasteiger partial charge in [-0.05, 0) is 43.9 Å². The monoisotopic (exact) mass is 204 g/mol. The number of hydrogen-bond acceptors (Lipinski definition) is 2. The standard InChI is InChI=1S/C13H20N2/c14-9-8-12-5-4-10-15(11-12)13-6-2-1-3-7-13/h1-3,6-7,12H,4-5,8-11,14H2. The van der Waals surface area contributed by atoms with Gasteiger partial charge in [0, 0.05) is 18.8 Å². The Bertz CT molecular complexity index is 282. The number of piperidine rings is 1. The number of nitrogens with two attached hydrogens (primary N) is 1. The minimum absolute atomic E-state index is 0.795. The molecule has 1 aromatic rings. The van der Waals surface area contributed by atoms with Crippen molar-refractivity contribution < 1.29 is 0 Å². The van der Waals surface area contributed by atoms with Crippen LogP contribution in [0.4, 0.5) is 5.69 Å². The maximum Gasteiger partial charge on any atom is 0.0366 e. The second-order valence-corrected chi connectivity index (χ2v) is 4.37. The van der Waals surface area contributed by atoms with E-state index >= 15 is 0 Å². The molecule has 0 aromatic heterocycles. The average Bonchev–Trinajstić information content (AvgIpc) is 2.31. The summed E-state index contributed by atoms with van der Waals surface area (Å²) >= 11 is 0. The summed E-state index contributed by atoms with van der Waals surface area (Å²) in [5.41, 5.74) is 6.99. The molecule has 1 aromatic carbocycles. The van der Waals surface area contributed by atoms with Gasteiger partial charge in [-0.3, -0.25) is 0 Å². The largest absolute Gasteiger partial charge is 0.371 e. The number of para-hydroxylation sites is 1. The van der Waals surface area contributed by atoms with Crippen LogP contribution in [0.25, 0.3) is 0 Å². The van der Waals surface area contributed by atoms with E-state index in [1.165, 1.54) is 38.0 Å². The van der Waals surface area contributed by atoms with Crippen molar-refractivity contribution in [2.24, 2.45) is 11.7 Å². The summed E-state index contributed by atoms with van der Waals surface area (Å²) in [6.07, 6.45) is 3.82. The van der Waals surface area contributed by atoms with Gasteiger partial charge in [-0.2, -0.15) is 0 Å². The third kappa shape index (κ3) is 2.72. The topological polar surface area (TPSA) is 29.3 Å². The molecule has 1 fully saturated rings. The number of nitrogens with zero attached hydrogens (tertiary/aromatic N) is 1. The third-order valence-electron chi connectivity index (χ3n) is 3.22. The van der Waals surface area contributed by atoms with Gasteiger partial charge in [-0.1, -0.05) is 18.2 Å². The number of anilines is 1.